The fourth-order valence-electron chi connectivity index (χ4n) is 3.04. The van der Waals surface area contributed by atoms with Crippen LogP contribution >= 0.6 is 0 Å². The maximum Gasteiger partial charge on any atom is -0.0329 e. The Bertz CT molecular complexity index is 192. The van der Waals surface area contributed by atoms with Gasteiger partial charge in [-0.1, -0.05) is 112 Å². The average molecular weight is 283 g/mol. The molecule has 0 spiro atoms. The van der Waals surface area contributed by atoms with E-state index in [-0.39, 0.29) is 0 Å². The Morgan fingerprint density at radius 2 is 1.05 bits per heavy atom. The minimum absolute atomic E-state index is 0.550. The monoisotopic (exact) mass is 282 g/mol. The third kappa shape index (κ3) is 10.7. The van der Waals surface area contributed by atoms with Crippen LogP contribution in [0.25, 0.3) is 0 Å². The van der Waals surface area contributed by atoms with Crippen LogP contribution in [0.3, 0.4) is 0 Å². The van der Waals surface area contributed by atoms with Crippen molar-refractivity contribution in [2.24, 2.45) is 11.3 Å². The van der Waals surface area contributed by atoms with Crippen molar-refractivity contribution in [3.05, 3.63) is 0 Å². The topological polar surface area (TPSA) is 0 Å². The van der Waals surface area contributed by atoms with E-state index >= 15 is 0 Å². The normalized spacial score (nSPS) is 13.7. The first-order valence-corrected chi connectivity index (χ1v) is 9.54. The quantitative estimate of drug-likeness (QED) is 0.285. The standard InChI is InChI=1S/C20H42/c1-6-8-9-10-11-12-13-14-15-16-17-18-20(4,5)19(3)7-2/h19H,6-18H2,1-5H3. The highest BCUT2D eigenvalue weighted by molar-refractivity contribution is 4.74. The van der Waals surface area contributed by atoms with Crippen molar-refractivity contribution in [3.8, 4) is 0 Å². The van der Waals surface area contributed by atoms with Crippen molar-refractivity contribution in [1.82, 2.24) is 0 Å². The summed E-state index contributed by atoms with van der Waals surface area (Å²) in [6.07, 6.45) is 18.7. The second-order valence-electron chi connectivity index (χ2n) is 7.58. The molecule has 0 saturated carbocycles. The SMILES string of the molecule is CCCCCCCCCCCCCC(C)(C)C(C)CC. The molecule has 0 aliphatic rings. The van der Waals surface area contributed by atoms with Crippen LogP contribution in [0.1, 0.15) is 118 Å². The number of hydrogen-bond acceptors (Lipinski definition) is 0. The Morgan fingerprint density at radius 3 is 1.45 bits per heavy atom. The Balaban J connectivity index is 3.28. The highest BCUT2D eigenvalue weighted by Gasteiger charge is 2.23. The van der Waals surface area contributed by atoms with E-state index in [1.165, 1.54) is 83.5 Å². The molecule has 0 heterocycles. The Kier molecular flexibility index (Phi) is 12.7. The Morgan fingerprint density at radius 1 is 0.650 bits per heavy atom. The Labute approximate surface area is 130 Å². The molecule has 0 saturated heterocycles. The molecule has 0 radical (unpaired) electrons. The second kappa shape index (κ2) is 12.7. The van der Waals surface area contributed by atoms with Crippen LogP contribution in [0.4, 0.5) is 0 Å². The average Bonchev–Trinajstić information content (AvgIpc) is 2.43. The lowest BCUT2D eigenvalue weighted by atomic mass is 9.75. The number of hydrogen-bond donors (Lipinski definition) is 0. The summed E-state index contributed by atoms with van der Waals surface area (Å²) in [5.74, 6) is 0.866. The first-order valence-electron chi connectivity index (χ1n) is 9.54. The minimum atomic E-state index is 0.550. The summed E-state index contributed by atoms with van der Waals surface area (Å²) >= 11 is 0. The molecule has 0 nitrogen and oxygen atoms in total. The lowest BCUT2D eigenvalue weighted by Gasteiger charge is -2.31. The lowest BCUT2D eigenvalue weighted by Crippen LogP contribution is -2.20. The predicted molar refractivity (Wildman–Crippen MR) is 94.3 cm³/mol. The summed E-state index contributed by atoms with van der Waals surface area (Å²) in [7, 11) is 0. The first kappa shape index (κ1) is 20.0. The van der Waals surface area contributed by atoms with Gasteiger partial charge in [-0.3, -0.25) is 0 Å². The van der Waals surface area contributed by atoms with Gasteiger partial charge in [0.25, 0.3) is 0 Å². The first-order chi connectivity index (χ1) is 9.54. The predicted octanol–water partition coefficient (Wildman–Crippen LogP) is 7.76. The summed E-state index contributed by atoms with van der Waals surface area (Å²) in [6.45, 7) is 11.9. The number of unbranched alkanes of at least 4 members (excludes halogenated alkanes) is 10. The Hall–Kier alpha value is 0. The summed E-state index contributed by atoms with van der Waals surface area (Å²) in [6, 6.07) is 0. The highest BCUT2D eigenvalue weighted by Crippen LogP contribution is 2.34. The summed E-state index contributed by atoms with van der Waals surface area (Å²) in [5.41, 5.74) is 0.550. The molecule has 20 heavy (non-hydrogen) atoms. The molecular weight excluding hydrogens is 240 g/mol. The lowest BCUT2D eigenvalue weighted by molar-refractivity contribution is 0.199. The van der Waals surface area contributed by atoms with E-state index in [1.54, 1.807) is 0 Å². The molecule has 0 aliphatic carbocycles. The largest absolute Gasteiger partial charge is 0.0654 e. The molecule has 0 fully saturated rings. The molecule has 0 aliphatic heterocycles. The third-order valence-corrected chi connectivity index (χ3v) is 5.37. The maximum atomic E-state index is 2.46. The van der Waals surface area contributed by atoms with Gasteiger partial charge in [0.15, 0.2) is 0 Å². The van der Waals surface area contributed by atoms with E-state index in [1.807, 2.05) is 0 Å². The van der Waals surface area contributed by atoms with Crippen molar-refractivity contribution in [2.75, 3.05) is 0 Å². The van der Waals surface area contributed by atoms with E-state index < -0.39 is 0 Å². The highest BCUT2D eigenvalue weighted by atomic mass is 14.3. The second-order valence-corrected chi connectivity index (χ2v) is 7.58. The molecule has 0 bridgehead atoms. The maximum absolute atomic E-state index is 2.46. The van der Waals surface area contributed by atoms with Gasteiger partial charge in [0.05, 0.1) is 0 Å². The third-order valence-electron chi connectivity index (χ3n) is 5.37. The van der Waals surface area contributed by atoms with Crippen molar-refractivity contribution in [3.63, 3.8) is 0 Å². The molecule has 0 aromatic rings. The molecule has 0 N–H and O–H groups in total. The summed E-state index contributed by atoms with van der Waals surface area (Å²) in [5, 5.41) is 0. The smallest absolute Gasteiger partial charge is 0.0329 e. The molecule has 1 unspecified atom stereocenters. The molecular formula is C20H42. The van der Waals surface area contributed by atoms with Gasteiger partial charge in [-0.2, -0.15) is 0 Å². The summed E-state index contributed by atoms with van der Waals surface area (Å²) < 4.78 is 0. The van der Waals surface area contributed by atoms with Crippen LogP contribution < -0.4 is 0 Å². The van der Waals surface area contributed by atoms with Crippen LogP contribution in [0.2, 0.25) is 0 Å². The van der Waals surface area contributed by atoms with Crippen molar-refractivity contribution < 1.29 is 0 Å². The van der Waals surface area contributed by atoms with Crippen LogP contribution in [-0.4, -0.2) is 0 Å². The van der Waals surface area contributed by atoms with Crippen molar-refractivity contribution in [2.45, 2.75) is 118 Å². The van der Waals surface area contributed by atoms with E-state index in [0.29, 0.717) is 5.41 Å². The van der Waals surface area contributed by atoms with Crippen molar-refractivity contribution in [1.29, 1.82) is 0 Å². The van der Waals surface area contributed by atoms with Gasteiger partial charge in [0.2, 0.25) is 0 Å². The van der Waals surface area contributed by atoms with Crippen LogP contribution in [-0.2, 0) is 0 Å². The zero-order valence-corrected chi connectivity index (χ0v) is 15.3. The summed E-state index contributed by atoms with van der Waals surface area (Å²) in [4.78, 5) is 0. The van der Waals surface area contributed by atoms with E-state index in [4.69, 9.17) is 0 Å². The van der Waals surface area contributed by atoms with E-state index in [9.17, 15) is 0 Å². The zero-order valence-electron chi connectivity index (χ0n) is 15.3. The van der Waals surface area contributed by atoms with Gasteiger partial charge in [0, 0.05) is 0 Å². The molecule has 122 valence electrons. The molecule has 0 aromatic carbocycles. The van der Waals surface area contributed by atoms with Crippen LogP contribution in [0.5, 0.6) is 0 Å². The molecule has 0 heteroatoms. The fraction of sp³-hybridized carbons (Fsp3) is 1.00. The fourth-order valence-corrected chi connectivity index (χ4v) is 3.04. The molecule has 1 atom stereocenters. The van der Waals surface area contributed by atoms with Gasteiger partial charge >= 0.3 is 0 Å². The molecule has 0 aromatic heterocycles. The zero-order chi connectivity index (χ0) is 15.3. The van der Waals surface area contributed by atoms with E-state index in [0.717, 1.165) is 5.92 Å². The minimum Gasteiger partial charge on any atom is -0.0654 e. The van der Waals surface area contributed by atoms with Gasteiger partial charge in [-0.05, 0) is 17.8 Å². The van der Waals surface area contributed by atoms with E-state index in [2.05, 4.69) is 34.6 Å². The van der Waals surface area contributed by atoms with Crippen LogP contribution in [0.15, 0.2) is 0 Å². The molecule has 0 amide bonds. The van der Waals surface area contributed by atoms with Crippen LogP contribution in [0, 0.1) is 11.3 Å². The molecule has 0 rings (SSSR count). The number of rotatable bonds is 14. The van der Waals surface area contributed by atoms with Gasteiger partial charge < -0.3 is 0 Å². The van der Waals surface area contributed by atoms with Crippen molar-refractivity contribution >= 4 is 0 Å². The van der Waals surface area contributed by atoms with Gasteiger partial charge in [-0.15, -0.1) is 0 Å². The van der Waals surface area contributed by atoms with Gasteiger partial charge in [0.1, 0.15) is 0 Å². The van der Waals surface area contributed by atoms with Gasteiger partial charge in [-0.25, -0.2) is 0 Å².